The summed E-state index contributed by atoms with van der Waals surface area (Å²) in [7, 11) is 0. The third-order valence-corrected chi connectivity index (χ3v) is 3.69. The van der Waals surface area contributed by atoms with E-state index < -0.39 is 0 Å². The SMILES string of the molecule is CCCNC(Cc1cccnc1N)c1ccncc1CC. The number of hydrogen-bond donors (Lipinski definition) is 2. The predicted octanol–water partition coefficient (Wildman–Crippen LogP) is 2.90. The molecule has 21 heavy (non-hydrogen) atoms. The van der Waals surface area contributed by atoms with Crippen LogP contribution in [0.1, 0.15) is 43.0 Å². The van der Waals surface area contributed by atoms with Crippen LogP contribution in [0.3, 0.4) is 0 Å². The van der Waals surface area contributed by atoms with E-state index in [2.05, 4.69) is 41.3 Å². The zero-order valence-corrected chi connectivity index (χ0v) is 12.8. The quantitative estimate of drug-likeness (QED) is 0.820. The minimum Gasteiger partial charge on any atom is -0.383 e. The zero-order chi connectivity index (χ0) is 15.1. The van der Waals surface area contributed by atoms with Crippen LogP contribution in [0, 0.1) is 0 Å². The average Bonchev–Trinajstić information content (AvgIpc) is 2.53. The van der Waals surface area contributed by atoms with Crippen LogP contribution in [-0.4, -0.2) is 16.5 Å². The molecule has 0 aliphatic carbocycles. The van der Waals surface area contributed by atoms with E-state index in [4.69, 9.17) is 5.73 Å². The molecule has 1 atom stereocenters. The van der Waals surface area contributed by atoms with Crippen LogP contribution in [0.5, 0.6) is 0 Å². The maximum atomic E-state index is 5.99. The fourth-order valence-corrected chi connectivity index (χ4v) is 2.53. The molecule has 0 saturated heterocycles. The molecule has 0 aliphatic heterocycles. The molecule has 0 radical (unpaired) electrons. The summed E-state index contributed by atoms with van der Waals surface area (Å²) in [6.45, 7) is 5.32. The third-order valence-electron chi connectivity index (χ3n) is 3.69. The van der Waals surface area contributed by atoms with E-state index in [-0.39, 0.29) is 6.04 Å². The minimum absolute atomic E-state index is 0.245. The molecule has 3 N–H and O–H groups in total. The summed E-state index contributed by atoms with van der Waals surface area (Å²) in [4.78, 5) is 8.43. The molecule has 0 saturated carbocycles. The summed E-state index contributed by atoms with van der Waals surface area (Å²) in [5.74, 6) is 0.618. The summed E-state index contributed by atoms with van der Waals surface area (Å²) in [5.41, 5.74) is 9.68. The number of pyridine rings is 2. The van der Waals surface area contributed by atoms with Crippen LogP contribution < -0.4 is 11.1 Å². The number of rotatable bonds is 7. The Morgan fingerprint density at radius 2 is 2.05 bits per heavy atom. The van der Waals surface area contributed by atoms with Crippen molar-refractivity contribution in [3.63, 3.8) is 0 Å². The molecular weight excluding hydrogens is 260 g/mol. The van der Waals surface area contributed by atoms with Gasteiger partial charge in [0.05, 0.1) is 0 Å². The summed E-state index contributed by atoms with van der Waals surface area (Å²) in [5, 5.41) is 3.63. The first-order chi connectivity index (χ1) is 10.3. The topological polar surface area (TPSA) is 63.8 Å². The van der Waals surface area contributed by atoms with Gasteiger partial charge in [0, 0.05) is 24.6 Å². The van der Waals surface area contributed by atoms with Crippen molar-refractivity contribution >= 4 is 5.82 Å². The second kappa shape index (κ2) is 7.74. The molecule has 2 aromatic rings. The van der Waals surface area contributed by atoms with Crippen molar-refractivity contribution in [2.24, 2.45) is 0 Å². The van der Waals surface area contributed by atoms with Gasteiger partial charge in [-0.3, -0.25) is 4.98 Å². The van der Waals surface area contributed by atoms with Gasteiger partial charge >= 0.3 is 0 Å². The van der Waals surface area contributed by atoms with E-state index in [0.29, 0.717) is 5.82 Å². The molecule has 0 bridgehead atoms. The van der Waals surface area contributed by atoms with Crippen molar-refractivity contribution in [3.05, 3.63) is 53.5 Å². The Bertz CT molecular complexity index is 568. The highest BCUT2D eigenvalue weighted by Crippen LogP contribution is 2.23. The number of nitrogens with one attached hydrogen (secondary N) is 1. The van der Waals surface area contributed by atoms with E-state index in [1.807, 2.05) is 18.5 Å². The normalized spacial score (nSPS) is 12.3. The molecule has 2 rings (SSSR count). The van der Waals surface area contributed by atoms with Crippen LogP contribution in [0.4, 0.5) is 5.82 Å². The summed E-state index contributed by atoms with van der Waals surface area (Å²) >= 11 is 0. The number of aryl methyl sites for hydroxylation is 1. The fraction of sp³-hybridized carbons (Fsp3) is 0.412. The van der Waals surface area contributed by atoms with Crippen molar-refractivity contribution < 1.29 is 0 Å². The van der Waals surface area contributed by atoms with Gasteiger partial charge in [-0.2, -0.15) is 0 Å². The molecule has 4 nitrogen and oxygen atoms in total. The molecular formula is C17H24N4. The predicted molar refractivity (Wildman–Crippen MR) is 87.0 cm³/mol. The number of aromatic nitrogens is 2. The minimum atomic E-state index is 0.245. The van der Waals surface area contributed by atoms with Crippen LogP contribution in [-0.2, 0) is 12.8 Å². The molecule has 112 valence electrons. The highest BCUT2D eigenvalue weighted by Gasteiger charge is 2.16. The molecule has 2 aromatic heterocycles. The zero-order valence-electron chi connectivity index (χ0n) is 12.8. The van der Waals surface area contributed by atoms with Gasteiger partial charge < -0.3 is 11.1 Å². The summed E-state index contributed by atoms with van der Waals surface area (Å²) in [6.07, 6.45) is 8.49. The molecule has 2 heterocycles. The number of hydrogen-bond acceptors (Lipinski definition) is 4. The monoisotopic (exact) mass is 284 g/mol. The standard InChI is InChI=1S/C17H24N4/c1-3-8-20-16(11-14-6-5-9-21-17(14)18)15-7-10-19-12-13(15)4-2/h5-7,9-10,12,16,20H,3-4,8,11H2,1-2H3,(H2,18,21). The van der Waals surface area contributed by atoms with Crippen molar-refractivity contribution in [1.29, 1.82) is 0 Å². The highest BCUT2D eigenvalue weighted by molar-refractivity contribution is 5.40. The van der Waals surface area contributed by atoms with Gasteiger partial charge in [-0.15, -0.1) is 0 Å². The molecule has 1 unspecified atom stereocenters. The largest absolute Gasteiger partial charge is 0.383 e. The molecule has 0 fully saturated rings. The first kappa shape index (κ1) is 15.4. The smallest absolute Gasteiger partial charge is 0.126 e. The molecule has 0 spiro atoms. The van der Waals surface area contributed by atoms with E-state index in [0.717, 1.165) is 31.4 Å². The van der Waals surface area contributed by atoms with Gasteiger partial charge in [-0.25, -0.2) is 4.98 Å². The van der Waals surface area contributed by atoms with Crippen LogP contribution >= 0.6 is 0 Å². The molecule has 0 amide bonds. The second-order valence-electron chi connectivity index (χ2n) is 5.19. The average molecular weight is 284 g/mol. The first-order valence-electron chi connectivity index (χ1n) is 7.61. The number of anilines is 1. The molecule has 0 aliphatic rings. The lowest BCUT2D eigenvalue weighted by atomic mass is 9.95. The Balaban J connectivity index is 2.28. The Kier molecular flexibility index (Phi) is 5.69. The highest BCUT2D eigenvalue weighted by atomic mass is 14.9. The maximum absolute atomic E-state index is 5.99. The van der Waals surface area contributed by atoms with Gasteiger partial charge in [-0.05, 0) is 54.6 Å². The van der Waals surface area contributed by atoms with Crippen molar-refractivity contribution in [2.45, 2.75) is 39.2 Å². The fourth-order valence-electron chi connectivity index (χ4n) is 2.53. The van der Waals surface area contributed by atoms with Crippen molar-refractivity contribution in [3.8, 4) is 0 Å². The Hall–Kier alpha value is -1.94. The summed E-state index contributed by atoms with van der Waals surface area (Å²) < 4.78 is 0. The first-order valence-corrected chi connectivity index (χ1v) is 7.61. The number of nitrogens with two attached hydrogens (primary N) is 1. The summed E-state index contributed by atoms with van der Waals surface area (Å²) in [6, 6.07) is 6.35. The number of nitrogens with zero attached hydrogens (tertiary/aromatic N) is 2. The number of nitrogen functional groups attached to an aromatic ring is 1. The third kappa shape index (κ3) is 4.02. The van der Waals surface area contributed by atoms with Gasteiger partial charge in [-0.1, -0.05) is 19.9 Å². The van der Waals surface area contributed by atoms with Crippen molar-refractivity contribution in [2.75, 3.05) is 12.3 Å². The lowest BCUT2D eigenvalue weighted by Gasteiger charge is -2.22. The lowest BCUT2D eigenvalue weighted by Crippen LogP contribution is -2.25. The van der Waals surface area contributed by atoms with Crippen LogP contribution in [0.25, 0.3) is 0 Å². The van der Waals surface area contributed by atoms with E-state index in [1.165, 1.54) is 11.1 Å². The van der Waals surface area contributed by atoms with Crippen LogP contribution in [0.15, 0.2) is 36.8 Å². The van der Waals surface area contributed by atoms with E-state index in [1.54, 1.807) is 6.20 Å². The Morgan fingerprint density at radius 1 is 1.19 bits per heavy atom. The molecule has 0 aromatic carbocycles. The Labute approximate surface area is 126 Å². The van der Waals surface area contributed by atoms with E-state index in [9.17, 15) is 0 Å². The van der Waals surface area contributed by atoms with Crippen LogP contribution in [0.2, 0.25) is 0 Å². The van der Waals surface area contributed by atoms with Gasteiger partial charge in [0.25, 0.3) is 0 Å². The van der Waals surface area contributed by atoms with Gasteiger partial charge in [0.2, 0.25) is 0 Å². The van der Waals surface area contributed by atoms with Gasteiger partial charge in [0.1, 0.15) is 5.82 Å². The van der Waals surface area contributed by atoms with E-state index >= 15 is 0 Å². The lowest BCUT2D eigenvalue weighted by molar-refractivity contribution is 0.525. The molecule has 4 heteroatoms. The second-order valence-corrected chi connectivity index (χ2v) is 5.19. The Morgan fingerprint density at radius 3 is 2.76 bits per heavy atom. The van der Waals surface area contributed by atoms with Gasteiger partial charge in [0.15, 0.2) is 0 Å². The van der Waals surface area contributed by atoms with Crippen molar-refractivity contribution in [1.82, 2.24) is 15.3 Å². The maximum Gasteiger partial charge on any atom is 0.126 e.